The van der Waals surface area contributed by atoms with E-state index in [1.165, 1.54) is 0 Å². The van der Waals surface area contributed by atoms with Crippen molar-refractivity contribution in [3.05, 3.63) is 82.9 Å². The number of carbonyl (C=O) groups excluding carboxylic acids is 1. The molecule has 1 amide bonds. The first-order valence-electron chi connectivity index (χ1n) is 8.83. The second-order valence-corrected chi connectivity index (χ2v) is 7.33. The fraction of sp³-hybridized carbons (Fsp3) is 0.0455. The van der Waals surface area contributed by atoms with Gasteiger partial charge in [-0.05, 0) is 79.3 Å². The third-order valence-electron chi connectivity index (χ3n) is 4.25. The van der Waals surface area contributed by atoms with E-state index in [4.69, 9.17) is 28.2 Å². The van der Waals surface area contributed by atoms with E-state index in [9.17, 15) is 4.79 Å². The Kier molecular flexibility index (Phi) is 5.29. The molecule has 2 N–H and O–H groups in total. The zero-order valence-electron chi connectivity index (χ0n) is 15.4. The quantitative estimate of drug-likeness (QED) is 0.422. The molecule has 0 fully saturated rings. The average molecular weight is 422 g/mol. The maximum Gasteiger partial charge on any atom is 0.257 e. The summed E-state index contributed by atoms with van der Waals surface area (Å²) < 4.78 is 5.82. The van der Waals surface area contributed by atoms with Crippen LogP contribution in [0.4, 0.5) is 5.69 Å². The maximum atomic E-state index is 12.2. The molecule has 0 saturated heterocycles. The van der Waals surface area contributed by atoms with Gasteiger partial charge in [-0.25, -0.2) is 4.98 Å². The highest BCUT2D eigenvalue weighted by Crippen LogP contribution is 2.26. The van der Waals surface area contributed by atoms with Crippen molar-refractivity contribution in [1.29, 1.82) is 0 Å². The Morgan fingerprint density at radius 2 is 1.86 bits per heavy atom. The number of fused-ring (bicyclic) bond motifs is 1. The first kappa shape index (κ1) is 19.1. The Hall–Kier alpha value is -3.22. The number of nitrogens with zero attached hydrogens (tertiary/aromatic N) is 1. The van der Waals surface area contributed by atoms with Crippen LogP contribution in [0.1, 0.15) is 15.9 Å². The molecule has 0 bridgehead atoms. The van der Waals surface area contributed by atoms with Gasteiger partial charge in [-0.3, -0.25) is 10.1 Å². The van der Waals surface area contributed by atoms with Crippen LogP contribution < -0.4 is 10.6 Å². The summed E-state index contributed by atoms with van der Waals surface area (Å²) in [4.78, 5) is 16.8. The molecule has 0 unspecified atom stereocenters. The smallest absolute Gasteiger partial charge is 0.257 e. The summed E-state index contributed by atoms with van der Waals surface area (Å²) in [6.45, 7) is 2.02. The number of aromatic nitrogens is 1. The van der Waals surface area contributed by atoms with Gasteiger partial charge in [-0.2, -0.15) is 0 Å². The minimum absolute atomic E-state index is 0.195. The Morgan fingerprint density at radius 1 is 1.07 bits per heavy atom. The number of oxazole rings is 1. The third-order valence-corrected chi connectivity index (χ3v) is 4.69. The van der Waals surface area contributed by atoms with E-state index in [2.05, 4.69) is 15.6 Å². The minimum Gasteiger partial charge on any atom is -0.436 e. The van der Waals surface area contributed by atoms with Gasteiger partial charge in [0.1, 0.15) is 5.52 Å². The molecule has 144 valence electrons. The highest BCUT2D eigenvalue weighted by atomic mass is 35.5. The topological polar surface area (TPSA) is 67.2 Å². The third kappa shape index (κ3) is 4.45. The molecule has 7 heteroatoms. The number of halogens is 1. The molecule has 0 radical (unpaired) electrons. The van der Waals surface area contributed by atoms with Gasteiger partial charge >= 0.3 is 0 Å². The molecule has 3 aromatic carbocycles. The van der Waals surface area contributed by atoms with Gasteiger partial charge in [0.05, 0.1) is 0 Å². The van der Waals surface area contributed by atoms with Gasteiger partial charge in [0, 0.05) is 21.8 Å². The molecule has 0 aliphatic carbocycles. The van der Waals surface area contributed by atoms with Crippen LogP contribution in [0.3, 0.4) is 0 Å². The Morgan fingerprint density at radius 3 is 2.62 bits per heavy atom. The molecular weight excluding hydrogens is 406 g/mol. The fourth-order valence-electron chi connectivity index (χ4n) is 2.82. The molecule has 1 aromatic heterocycles. The normalized spacial score (nSPS) is 10.7. The van der Waals surface area contributed by atoms with Gasteiger partial charge in [0.2, 0.25) is 5.89 Å². The molecular formula is C22H16ClN3O2S. The van der Waals surface area contributed by atoms with Crippen LogP contribution in [-0.2, 0) is 0 Å². The highest BCUT2D eigenvalue weighted by molar-refractivity contribution is 7.80. The molecule has 4 rings (SSSR count). The molecule has 0 aliphatic rings. The van der Waals surface area contributed by atoms with Crippen LogP contribution in [0.5, 0.6) is 0 Å². The zero-order chi connectivity index (χ0) is 20.4. The predicted octanol–water partition coefficient (Wildman–Crippen LogP) is 5.58. The van der Waals surface area contributed by atoms with Crippen molar-refractivity contribution in [3.63, 3.8) is 0 Å². The second kappa shape index (κ2) is 8.03. The number of thiocarbonyl (C=S) groups is 1. The van der Waals surface area contributed by atoms with Crippen molar-refractivity contribution in [2.24, 2.45) is 0 Å². The summed E-state index contributed by atoms with van der Waals surface area (Å²) in [6.07, 6.45) is 0. The summed E-state index contributed by atoms with van der Waals surface area (Å²) >= 11 is 11.1. The van der Waals surface area contributed by atoms with Crippen molar-refractivity contribution in [3.8, 4) is 11.5 Å². The number of carbonyl (C=O) groups is 1. The first-order valence-corrected chi connectivity index (χ1v) is 9.62. The summed E-state index contributed by atoms with van der Waals surface area (Å²) in [5, 5.41) is 6.30. The Bertz CT molecular complexity index is 1220. The largest absolute Gasteiger partial charge is 0.436 e. The van der Waals surface area contributed by atoms with Gasteiger partial charge in [-0.1, -0.05) is 23.7 Å². The number of rotatable bonds is 3. The van der Waals surface area contributed by atoms with Gasteiger partial charge in [-0.15, -0.1) is 0 Å². The number of nitrogens with one attached hydrogen (secondary N) is 2. The fourth-order valence-corrected chi connectivity index (χ4v) is 3.23. The van der Waals surface area contributed by atoms with E-state index in [0.717, 1.165) is 27.9 Å². The van der Waals surface area contributed by atoms with E-state index >= 15 is 0 Å². The van der Waals surface area contributed by atoms with E-state index in [1.54, 1.807) is 24.3 Å². The lowest BCUT2D eigenvalue weighted by molar-refractivity contribution is 0.0977. The van der Waals surface area contributed by atoms with Gasteiger partial charge < -0.3 is 9.73 Å². The van der Waals surface area contributed by atoms with Gasteiger partial charge in [0.25, 0.3) is 5.91 Å². The SMILES string of the molecule is Cc1ccc2oc(-c3ccc(NC(=S)NC(=O)c4cccc(Cl)c4)cc3)nc2c1. The zero-order valence-corrected chi connectivity index (χ0v) is 17.0. The summed E-state index contributed by atoms with van der Waals surface area (Å²) in [7, 11) is 0. The van der Waals surface area contributed by atoms with E-state index in [1.807, 2.05) is 49.4 Å². The lowest BCUT2D eigenvalue weighted by Gasteiger charge is -2.10. The minimum atomic E-state index is -0.330. The first-order chi connectivity index (χ1) is 14.0. The van der Waals surface area contributed by atoms with Crippen LogP contribution in [0.25, 0.3) is 22.6 Å². The van der Waals surface area contributed by atoms with Crippen molar-refractivity contribution in [2.75, 3.05) is 5.32 Å². The molecule has 0 aliphatic heterocycles. The van der Waals surface area contributed by atoms with Crippen molar-refractivity contribution >= 4 is 51.6 Å². The van der Waals surface area contributed by atoms with Crippen LogP contribution in [-0.4, -0.2) is 16.0 Å². The van der Waals surface area contributed by atoms with Crippen molar-refractivity contribution in [1.82, 2.24) is 10.3 Å². The van der Waals surface area contributed by atoms with E-state index in [0.29, 0.717) is 16.5 Å². The molecule has 5 nitrogen and oxygen atoms in total. The number of aryl methyl sites for hydroxylation is 1. The van der Waals surface area contributed by atoms with Gasteiger partial charge in [0.15, 0.2) is 10.7 Å². The lowest BCUT2D eigenvalue weighted by atomic mass is 10.2. The molecule has 4 aromatic rings. The van der Waals surface area contributed by atoms with Crippen LogP contribution >= 0.6 is 23.8 Å². The van der Waals surface area contributed by atoms with Crippen molar-refractivity contribution < 1.29 is 9.21 Å². The maximum absolute atomic E-state index is 12.2. The molecule has 0 atom stereocenters. The Labute approximate surface area is 177 Å². The summed E-state index contributed by atoms with van der Waals surface area (Å²) in [5.74, 6) is 0.220. The van der Waals surface area contributed by atoms with E-state index < -0.39 is 0 Å². The Balaban J connectivity index is 1.43. The number of hydrogen-bond acceptors (Lipinski definition) is 4. The standard InChI is InChI=1S/C22H16ClN3O2S/c1-13-5-10-19-18(11-13)25-21(28-19)14-6-8-17(9-7-14)24-22(29)26-20(27)15-3-2-4-16(23)12-15/h2-12H,1H3,(H2,24,26,27,29). The molecule has 0 saturated carbocycles. The number of benzene rings is 3. The predicted molar refractivity (Wildman–Crippen MR) is 119 cm³/mol. The van der Waals surface area contributed by atoms with Crippen molar-refractivity contribution in [2.45, 2.75) is 6.92 Å². The number of hydrogen-bond donors (Lipinski definition) is 2. The summed E-state index contributed by atoms with van der Waals surface area (Å²) in [5.41, 5.74) is 4.72. The molecule has 0 spiro atoms. The van der Waals surface area contributed by atoms with E-state index in [-0.39, 0.29) is 11.0 Å². The van der Waals surface area contributed by atoms with Crippen LogP contribution in [0, 0.1) is 6.92 Å². The molecule has 29 heavy (non-hydrogen) atoms. The molecule has 1 heterocycles. The second-order valence-electron chi connectivity index (χ2n) is 6.49. The van der Waals surface area contributed by atoms with Crippen LogP contribution in [0.15, 0.2) is 71.1 Å². The number of amides is 1. The lowest BCUT2D eigenvalue weighted by Crippen LogP contribution is -2.34. The number of anilines is 1. The highest BCUT2D eigenvalue weighted by Gasteiger charge is 2.10. The monoisotopic (exact) mass is 421 g/mol. The summed E-state index contributed by atoms with van der Waals surface area (Å²) in [6, 6.07) is 20.0. The van der Waals surface area contributed by atoms with Crippen LogP contribution in [0.2, 0.25) is 5.02 Å². The average Bonchev–Trinajstić information content (AvgIpc) is 3.11.